The first-order chi connectivity index (χ1) is 8.60. The molecule has 18 heavy (non-hydrogen) atoms. The fourth-order valence-electron chi connectivity index (χ4n) is 1.98. The average Bonchev–Trinajstić information content (AvgIpc) is 2.28. The Morgan fingerprint density at radius 3 is 3.00 bits per heavy atom. The maximum Gasteiger partial charge on any atom is 0.311 e. The van der Waals surface area contributed by atoms with E-state index in [9.17, 15) is 9.59 Å². The summed E-state index contributed by atoms with van der Waals surface area (Å²) in [5, 5.41) is 0. The molecular weight excluding hydrogens is 232 g/mol. The lowest BCUT2D eigenvalue weighted by Gasteiger charge is -2.21. The van der Waals surface area contributed by atoms with E-state index >= 15 is 0 Å². The van der Waals surface area contributed by atoms with Gasteiger partial charge in [-0.3, -0.25) is 9.59 Å². The first-order valence-electron chi connectivity index (χ1n) is 6.15. The van der Waals surface area contributed by atoms with Gasteiger partial charge in [-0.2, -0.15) is 0 Å². The van der Waals surface area contributed by atoms with E-state index in [-0.39, 0.29) is 17.9 Å². The van der Waals surface area contributed by atoms with Crippen LogP contribution in [0.25, 0.3) is 0 Å². The Kier molecular flexibility index (Phi) is 3.65. The van der Waals surface area contributed by atoms with Crippen molar-refractivity contribution in [2.24, 2.45) is 0 Å². The molecule has 0 N–H and O–H groups in total. The van der Waals surface area contributed by atoms with Gasteiger partial charge in [0.15, 0.2) is 0 Å². The van der Waals surface area contributed by atoms with Crippen LogP contribution >= 0.6 is 0 Å². The summed E-state index contributed by atoms with van der Waals surface area (Å²) in [5.74, 6) is 0.552. The molecule has 0 aromatic heterocycles. The molecule has 0 radical (unpaired) electrons. The Hall–Kier alpha value is -1.84. The number of rotatable bonds is 3. The lowest BCUT2D eigenvalue weighted by atomic mass is 9.95. The Morgan fingerprint density at radius 1 is 1.50 bits per heavy atom. The first-order valence-corrected chi connectivity index (χ1v) is 6.15. The van der Waals surface area contributed by atoms with Gasteiger partial charge in [-0.1, -0.05) is 19.9 Å². The highest BCUT2D eigenvalue weighted by atomic mass is 16.5. The molecule has 4 nitrogen and oxygen atoms in total. The molecule has 96 valence electrons. The van der Waals surface area contributed by atoms with Crippen LogP contribution in [0, 0.1) is 0 Å². The van der Waals surface area contributed by atoms with Crippen molar-refractivity contribution in [2.75, 3.05) is 0 Å². The lowest BCUT2D eigenvalue weighted by molar-refractivity contribution is -0.135. The molecule has 0 aliphatic carbocycles. The highest BCUT2D eigenvalue weighted by molar-refractivity contribution is 5.77. The van der Waals surface area contributed by atoms with Crippen molar-refractivity contribution in [2.45, 2.75) is 39.0 Å². The summed E-state index contributed by atoms with van der Waals surface area (Å²) in [6.07, 6.45) is 1.52. The highest BCUT2D eigenvalue weighted by Crippen LogP contribution is 2.36. The predicted octanol–water partition coefficient (Wildman–Crippen LogP) is 2.80. The van der Waals surface area contributed by atoms with E-state index in [4.69, 9.17) is 9.47 Å². The van der Waals surface area contributed by atoms with Gasteiger partial charge in [0.25, 0.3) is 0 Å². The molecule has 0 spiro atoms. The number of carbonyl (C=O) groups is 2. The number of fused-ring (bicyclic) bond motifs is 1. The molecule has 1 aromatic carbocycles. The standard InChI is InChI=1S/C14H16O4/c1-3-4-13(15)17-10-5-6-11-9(2)7-14(16)18-12(11)8-10/h5-6,8-9H,3-4,7H2,1-2H3. The zero-order valence-corrected chi connectivity index (χ0v) is 10.6. The number of hydrogen-bond acceptors (Lipinski definition) is 4. The molecule has 0 saturated heterocycles. The fourth-order valence-corrected chi connectivity index (χ4v) is 1.98. The maximum atomic E-state index is 11.4. The van der Waals surface area contributed by atoms with Crippen molar-refractivity contribution >= 4 is 11.9 Å². The second-order valence-corrected chi connectivity index (χ2v) is 4.50. The second-order valence-electron chi connectivity index (χ2n) is 4.50. The number of benzene rings is 1. The number of carbonyl (C=O) groups excluding carboxylic acids is 2. The van der Waals surface area contributed by atoms with Crippen molar-refractivity contribution in [3.05, 3.63) is 23.8 Å². The number of esters is 2. The predicted molar refractivity (Wildman–Crippen MR) is 65.7 cm³/mol. The van der Waals surface area contributed by atoms with Crippen LogP contribution < -0.4 is 9.47 Å². The van der Waals surface area contributed by atoms with E-state index < -0.39 is 0 Å². The smallest absolute Gasteiger partial charge is 0.311 e. The molecule has 1 aliphatic rings. The Labute approximate surface area is 106 Å². The quantitative estimate of drug-likeness (QED) is 0.609. The van der Waals surface area contributed by atoms with E-state index in [1.165, 1.54) is 0 Å². The van der Waals surface area contributed by atoms with Gasteiger partial charge in [0.2, 0.25) is 0 Å². The van der Waals surface area contributed by atoms with E-state index in [0.29, 0.717) is 24.3 Å². The molecular formula is C14H16O4. The van der Waals surface area contributed by atoms with Crippen LogP contribution in [0.4, 0.5) is 0 Å². The Bertz CT molecular complexity index is 479. The van der Waals surface area contributed by atoms with Gasteiger partial charge in [-0.25, -0.2) is 0 Å². The SMILES string of the molecule is CCCC(=O)Oc1ccc2c(c1)OC(=O)CC2C. The van der Waals surface area contributed by atoms with Crippen molar-refractivity contribution in [3.8, 4) is 11.5 Å². The van der Waals surface area contributed by atoms with Gasteiger partial charge in [0.05, 0.1) is 6.42 Å². The van der Waals surface area contributed by atoms with Gasteiger partial charge in [-0.05, 0) is 24.0 Å². The lowest BCUT2D eigenvalue weighted by Crippen LogP contribution is -2.18. The van der Waals surface area contributed by atoms with E-state index in [0.717, 1.165) is 12.0 Å². The Balaban J connectivity index is 2.19. The van der Waals surface area contributed by atoms with Crippen LogP contribution in [0.15, 0.2) is 18.2 Å². The molecule has 1 unspecified atom stereocenters. The molecule has 1 atom stereocenters. The third-order valence-electron chi connectivity index (χ3n) is 2.90. The van der Waals surface area contributed by atoms with Crippen LogP contribution in [0.5, 0.6) is 11.5 Å². The molecule has 1 aliphatic heterocycles. The minimum absolute atomic E-state index is 0.140. The van der Waals surface area contributed by atoms with Gasteiger partial charge >= 0.3 is 11.9 Å². The van der Waals surface area contributed by atoms with Gasteiger partial charge < -0.3 is 9.47 Å². The fraction of sp³-hybridized carbons (Fsp3) is 0.429. The summed E-state index contributed by atoms with van der Waals surface area (Å²) in [6, 6.07) is 5.19. The molecule has 0 bridgehead atoms. The molecule has 2 rings (SSSR count). The van der Waals surface area contributed by atoms with Crippen LogP contribution in [-0.2, 0) is 9.59 Å². The molecule has 0 fully saturated rings. The summed E-state index contributed by atoms with van der Waals surface area (Å²) in [4.78, 5) is 22.7. The van der Waals surface area contributed by atoms with Crippen molar-refractivity contribution in [1.82, 2.24) is 0 Å². The number of ether oxygens (including phenoxy) is 2. The van der Waals surface area contributed by atoms with Crippen molar-refractivity contribution in [1.29, 1.82) is 0 Å². The first kappa shape index (κ1) is 12.6. The summed E-state index contributed by atoms with van der Waals surface area (Å²) in [5.41, 5.74) is 0.977. The zero-order valence-electron chi connectivity index (χ0n) is 10.6. The summed E-state index contributed by atoms with van der Waals surface area (Å²) < 4.78 is 10.3. The van der Waals surface area contributed by atoms with Gasteiger partial charge in [-0.15, -0.1) is 0 Å². The normalized spacial score (nSPS) is 17.9. The molecule has 0 amide bonds. The van der Waals surface area contributed by atoms with Crippen LogP contribution in [0.1, 0.15) is 44.6 Å². The monoisotopic (exact) mass is 248 g/mol. The summed E-state index contributed by atoms with van der Waals surface area (Å²) in [7, 11) is 0. The minimum Gasteiger partial charge on any atom is -0.426 e. The molecule has 1 aromatic rings. The third-order valence-corrected chi connectivity index (χ3v) is 2.90. The average molecular weight is 248 g/mol. The summed E-state index contributed by atoms with van der Waals surface area (Å²) >= 11 is 0. The van der Waals surface area contributed by atoms with E-state index in [1.807, 2.05) is 19.9 Å². The third kappa shape index (κ3) is 2.70. The Morgan fingerprint density at radius 2 is 2.28 bits per heavy atom. The molecule has 0 saturated carbocycles. The second kappa shape index (κ2) is 5.21. The highest BCUT2D eigenvalue weighted by Gasteiger charge is 2.24. The van der Waals surface area contributed by atoms with Gasteiger partial charge in [0, 0.05) is 12.5 Å². The van der Waals surface area contributed by atoms with Crippen molar-refractivity contribution in [3.63, 3.8) is 0 Å². The van der Waals surface area contributed by atoms with Crippen LogP contribution in [0.2, 0.25) is 0 Å². The largest absolute Gasteiger partial charge is 0.426 e. The van der Waals surface area contributed by atoms with E-state index in [2.05, 4.69) is 0 Å². The van der Waals surface area contributed by atoms with Crippen molar-refractivity contribution < 1.29 is 19.1 Å². The molecule has 4 heteroatoms. The van der Waals surface area contributed by atoms with Gasteiger partial charge in [0.1, 0.15) is 11.5 Å². The van der Waals surface area contributed by atoms with Crippen LogP contribution in [-0.4, -0.2) is 11.9 Å². The minimum atomic E-state index is -0.271. The maximum absolute atomic E-state index is 11.4. The van der Waals surface area contributed by atoms with Crippen LogP contribution in [0.3, 0.4) is 0 Å². The summed E-state index contributed by atoms with van der Waals surface area (Å²) in [6.45, 7) is 3.89. The molecule has 1 heterocycles. The topological polar surface area (TPSA) is 52.6 Å². The van der Waals surface area contributed by atoms with E-state index in [1.54, 1.807) is 12.1 Å². The number of hydrogen-bond donors (Lipinski definition) is 0. The zero-order chi connectivity index (χ0) is 13.1.